The molecule has 3 rings (SSSR count). The van der Waals surface area contributed by atoms with Gasteiger partial charge in [-0.2, -0.15) is 13.2 Å². The minimum absolute atomic E-state index is 0.00935. The summed E-state index contributed by atoms with van der Waals surface area (Å²) in [5, 5.41) is 0.553. The van der Waals surface area contributed by atoms with Crippen molar-refractivity contribution in [1.29, 1.82) is 0 Å². The number of para-hydroxylation sites is 1. The number of benzene rings is 1. The number of rotatable bonds is 0. The number of ether oxygens (including phenoxy) is 1. The number of aromatic nitrogens is 1. The van der Waals surface area contributed by atoms with Crippen molar-refractivity contribution in [1.82, 2.24) is 4.98 Å². The van der Waals surface area contributed by atoms with Gasteiger partial charge in [0.05, 0.1) is 17.2 Å². The van der Waals surface area contributed by atoms with E-state index in [1.165, 1.54) is 6.07 Å². The second-order valence-electron chi connectivity index (χ2n) is 5.19. The van der Waals surface area contributed by atoms with Gasteiger partial charge in [0.1, 0.15) is 0 Å². The van der Waals surface area contributed by atoms with Crippen molar-refractivity contribution < 1.29 is 17.9 Å². The topological polar surface area (TPSA) is 22.1 Å². The maximum absolute atomic E-state index is 13.1. The number of hydrogen-bond donors (Lipinski definition) is 0. The predicted octanol–water partition coefficient (Wildman–Crippen LogP) is 4.28. The summed E-state index contributed by atoms with van der Waals surface area (Å²) in [5.41, 5.74) is 1.03. The van der Waals surface area contributed by atoms with Crippen molar-refractivity contribution >= 4 is 10.9 Å². The quantitative estimate of drug-likeness (QED) is 0.719. The van der Waals surface area contributed by atoms with E-state index in [9.17, 15) is 13.2 Å². The lowest BCUT2D eigenvalue weighted by Crippen LogP contribution is -2.21. The molecule has 0 saturated carbocycles. The van der Waals surface area contributed by atoms with Gasteiger partial charge in [-0.15, -0.1) is 0 Å². The number of fused-ring (bicyclic) bond motifs is 2. The standard InChI is InChI=1S/C15H14F3NO/c1-8-6-7-11-9(2)10-4-3-5-12(15(16,17)18)13(10)19-14(11)20-8/h3-5,8H,6-7H2,1-2H3. The van der Waals surface area contributed by atoms with Crippen LogP contribution < -0.4 is 4.74 Å². The molecule has 2 nitrogen and oxygen atoms in total. The zero-order chi connectivity index (χ0) is 14.5. The molecule has 5 heteroatoms. The molecule has 106 valence electrons. The molecule has 0 radical (unpaired) electrons. The lowest BCUT2D eigenvalue weighted by molar-refractivity contribution is -0.136. The van der Waals surface area contributed by atoms with E-state index in [1.807, 2.05) is 13.8 Å². The van der Waals surface area contributed by atoms with E-state index < -0.39 is 11.7 Å². The first kappa shape index (κ1) is 13.2. The van der Waals surface area contributed by atoms with E-state index in [1.54, 1.807) is 6.07 Å². The molecule has 0 saturated heterocycles. The minimum atomic E-state index is -4.41. The third-order valence-corrected chi connectivity index (χ3v) is 3.78. The monoisotopic (exact) mass is 281 g/mol. The van der Waals surface area contributed by atoms with E-state index in [2.05, 4.69) is 4.98 Å². The van der Waals surface area contributed by atoms with Crippen LogP contribution in [0.3, 0.4) is 0 Å². The molecule has 1 aromatic carbocycles. The van der Waals surface area contributed by atoms with Crippen molar-refractivity contribution in [2.75, 3.05) is 0 Å². The first-order valence-corrected chi connectivity index (χ1v) is 6.54. The molecule has 0 bridgehead atoms. The smallest absolute Gasteiger partial charge is 0.418 e. The Kier molecular flexibility index (Phi) is 2.88. The number of alkyl halides is 3. The molecular weight excluding hydrogens is 267 g/mol. The van der Waals surface area contributed by atoms with Gasteiger partial charge < -0.3 is 4.74 Å². The largest absolute Gasteiger partial charge is 0.474 e. The van der Waals surface area contributed by atoms with Crippen LogP contribution in [0.25, 0.3) is 10.9 Å². The van der Waals surface area contributed by atoms with Crippen LogP contribution in [0.1, 0.15) is 30.0 Å². The second kappa shape index (κ2) is 4.36. The molecule has 1 aromatic heterocycles. The molecule has 2 heterocycles. The van der Waals surface area contributed by atoms with Gasteiger partial charge in [-0.1, -0.05) is 12.1 Å². The Labute approximate surface area is 114 Å². The van der Waals surface area contributed by atoms with Crippen LogP contribution in [0.4, 0.5) is 13.2 Å². The Morgan fingerprint density at radius 1 is 1.30 bits per heavy atom. The van der Waals surface area contributed by atoms with Gasteiger partial charge in [0, 0.05) is 10.9 Å². The van der Waals surface area contributed by atoms with Gasteiger partial charge in [0.2, 0.25) is 5.88 Å². The van der Waals surface area contributed by atoms with Gasteiger partial charge in [-0.25, -0.2) is 4.98 Å². The summed E-state index contributed by atoms with van der Waals surface area (Å²) in [7, 11) is 0. The Bertz CT molecular complexity index is 679. The van der Waals surface area contributed by atoms with Gasteiger partial charge in [0.25, 0.3) is 0 Å². The summed E-state index contributed by atoms with van der Waals surface area (Å²) in [6, 6.07) is 4.18. The number of halogens is 3. The van der Waals surface area contributed by atoms with E-state index in [0.717, 1.165) is 30.0 Å². The minimum Gasteiger partial charge on any atom is -0.474 e. The highest BCUT2D eigenvalue weighted by atomic mass is 19.4. The zero-order valence-electron chi connectivity index (χ0n) is 11.2. The van der Waals surface area contributed by atoms with Crippen molar-refractivity contribution in [3.63, 3.8) is 0 Å². The van der Waals surface area contributed by atoms with Crippen molar-refractivity contribution in [2.24, 2.45) is 0 Å². The zero-order valence-corrected chi connectivity index (χ0v) is 11.2. The first-order chi connectivity index (χ1) is 9.38. The van der Waals surface area contributed by atoms with Crippen LogP contribution in [0.5, 0.6) is 5.88 Å². The SMILES string of the molecule is Cc1c2c(nc3c(C(F)(F)F)cccc13)OC(C)CC2. The van der Waals surface area contributed by atoms with E-state index in [0.29, 0.717) is 11.3 Å². The summed E-state index contributed by atoms with van der Waals surface area (Å²) >= 11 is 0. The van der Waals surface area contributed by atoms with Crippen LogP contribution in [0, 0.1) is 6.92 Å². The highest BCUT2D eigenvalue weighted by molar-refractivity contribution is 5.87. The number of aryl methyl sites for hydroxylation is 1. The number of pyridine rings is 1. The molecule has 20 heavy (non-hydrogen) atoms. The third-order valence-electron chi connectivity index (χ3n) is 3.78. The lowest BCUT2D eigenvalue weighted by atomic mass is 9.96. The van der Waals surface area contributed by atoms with Gasteiger partial charge in [-0.05, 0) is 38.3 Å². The van der Waals surface area contributed by atoms with Crippen LogP contribution >= 0.6 is 0 Å². The molecule has 1 aliphatic rings. The molecule has 1 aliphatic heterocycles. The highest BCUT2D eigenvalue weighted by Crippen LogP contribution is 2.38. The maximum Gasteiger partial charge on any atom is 0.418 e. The van der Waals surface area contributed by atoms with Crippen molar-refractivity contribution in [3.8, 4) is 5.88 Å². The molecule has 0 amide bonds. The number of nitrogens with zero attached hydrogens (tertiary/aromatic N) is 1. The van der Waals surface area contributed by atoms with Crippen molar-refractivity contribution in [3.05, 3.63) is 34.9 Å². The summed E-state index contributed by atoms with van der Waals surface area (Å²) in [4.78, 5) is 4.15. The average Bonchev–Trinajstić information content (AvgIpc) is 2.37. The Morgan fingerprint density at radius 2 is 2.05 bits per heavy atom. The fraction of sp³-hybridized carbons (Fsp3) is 0.400. The fourth-order valence-electron chi connectivity index (χ4n) is 2.68. The van der Waals surface area contributed by atoms with Crippen LogP contribution in [0.15, 0.2) is 18.2 Å². The third kappa shape index (κ3) is 2.01. The molecule has 0 spiro atoms. The highest BCUT2D eigenvalue weighted by Gasteiger charge is 2.34. The Morgan fingerprint density at radius 3 is 2.75 bits per heavy atom. The van der Waals surface area contributed by atoms with Crippen LogP contribution in [0.2, 0.25) is 0 Å². The van der Waals surface area contributed by atoms with Crippen LogP contribution in [-0.2, 0) is 12.6 Å². The Balaban J connectivity index is 2.32. The Hall–Kier alpha value is -1.78. The normalized spacial score (nSPS) is 18.8. The molecule has 0 fully saturated rings. The first-order valence-electron chi connectivity index (χ1n) is 6.54. The molecule has 2 aromatic rings. The molecular formula is C15H14F3NO. The maximum atomic E-state index is 13.1. The fourth-order valence-corrected chi connectivity index (χ4v) is 2.68. The predicted molar refractivity (Wildman–Crippen MR) is 69.9 cm³/mol. The molecule has 1 atom stereocenters. The lowest BCUT2D eigenvalue weighted by Gasteiger charge is -2.25. The van der Waals surface area contributed by atoms with Gasteiger partial charge in [0.15, 0.2) is 0 Å². The molecule has 0 aliphatic carbocycles. The second-order valence-corrected chi connectivity index (χ2v) is 5.19. The van der Waals surface area contributed by atoms with E-state index in [-0.39, 0.29) is 11.6 Å². The van der Waals surface area contributed by atoms with Gasteiger partial charge in [-0.3, -0.25) is 0 Å². The summed E-state index contributed by atoms with van der Waals surface area (Å²) in [5.74, 6) is 0.352. The van der Waals surface area contributed by atoms with Crippen LogP contribution in [-0.4, -0.2) is 11.1 Å². The molecule has 0 N–H and O–H groups in total. The number of hydrogen-bond acceptors (Lipinski definition) is 2. The molecule has 1 unspecified atom stereocenters. The van der Waals surface area contributed by atoms with Crippen molar-refractivity contribution in [2.45, 2.75) is 39.0 Å². The average molecular weight is 281 g/mol. The van der Waals surface area contributed by atoms with E-state index in [4.69, 9.17) is 4.74 Å². The summed E-state index contributed by atoms with van der Waals surface area (Å²) < 4.78 is 44.8. The van der Waals surface area contributed by atoms with Gasteiger partial charge >= 0.3 is 6.18 Å². The van der Waals surface area contributed by atoms with E-state index >= 15 is 0 Å². The summed E-state index contributed by atoms with van der Waals surface area (Å²) in [6.45, 7) is 3.74. The summed E-state index contributed by atoms with van der Waals surface area (Å²) in [6.07, 6.45) is -2.76.